The number of anilines is 2. The number of hydrogen-bond acceptors (Lipinski definition) is 6. The fourth-order valence-corrected chi connectivity index (χ4v) is 16.6. The second-order valence-electron chi connectivity index (χ2n) is 25.6. The minimum atomic E-state index is -0.957. The van der Waals surface area contributed by atoms with E-state index in [0.717, 1.165) is 82.7 Å². The highest BCUT2D eigenvalue weighted by atomic mass is 16.3. The Balaban J connectivity index is 0.000000159. The summed E-state index contributed by atoms with van der Waals surface area (Å²) >= 11 is 0. The summed E-state index contributed by atoms with van der Waals surface area (Å²) in [6.45, 7) is 13.5. The predicted octanol–water partition coefficient (Wildman–Crippen LogP) is 12.0. The van der Waals surface area contributed by atoms with E-state index in [9.17, 15) is 19.8 Å². The van der Waals surface area contributed by atoms with E-state index in [0.29, 0.717) is 83.6 Å². The van der Waals surface area contributed by atoms with Gasteiger partial charge in [-0.15, -0.1) is 0 Å². The molecule has 0 aliphatic heterocycles. The Morgan fingerprint density at radius 2 is 1.24 bits per heavy atom. The summed E-state index contributed by atoms with van der Waals surface area (Å²) in [5.74, 6) is 19.2. The third kappa shape index (κ3) is 8.05. The monoisotopic (exact) mass is 917 g/mol. The topological polar surface area (TPSA) is 104 Å². The molecule has 0 amide bonds. The van der Waals surface area contributed by atoms with Crippen LogP contribution in [0.3, 0.4) is 0 Å². The van der Waals surface area contributed by atoms with Gasteiger partial charge in [-0.1, -0.05) is 79.9 Å². The zero-order chi connectivity index (χ0) is 48.2. The van der Waals surface area contributed by atoms with Crippen LogP contribution in [0.5, 0.6) is 0 Å². The lowest BCUT2D eigenvalue weighted by Crippen LogP contribution is -2.57. The van der Waals surface area contributed by atoms with E-state index in [1.54, 1.807) is 0 Å². The molecular weight excluding hydrogens is 837 g/mol. The molecule has 362 valence electrons. The van der Waals surface area contributed by atoms with Crippen LogP contribution in [0, 0.1) is 92.7 Å². The Morgan fingerprint density at radius 1 is 0.647 bits per heavy atom. The van der Waals surface area contributed by atoms with E-state index in [4.69, 9.17) is 5.73 Å². The van der Waals surface area contributed by atoms with Gasteiger partial charge in [0.05, 0.1) is 0 Å². The number of hydrogen-bond donors (Lipinski definition) is 3. The van der Waals surface area contributed by atoms with Gasteiger partial charge in [-0.3, -0.25) is 9.59 Å². The van der Waals surface area contributed by atoms with Gasteiger partial charge < -0.3 is 20.8 Å². The molecule has 11 rings (SSSR count). The van der Waals surface area contributed by atoms with E-state index in [1.165, 1.54) is 40.8 Å². The van der Waals surface area contributed by atoms with Crippen molar-refractivity contribution in [2.45, 2.75) is 167 Å². The number of aliphatic hydroxyl groups is 2. The van der Waals surface area contributed by atoms with Crippen LogP contribution in [0.1, 0.15) is 167 Å². The van der Waals surface area contributed by atoms with E-state index < -0.39 is 11.2 Å². The molecule has 2 aromatic rings. The molecule has 0 saturated heterocycles. The van der Waals surface area contributed by atoms with Crippen molar-refractivity contribution in [2.24, 2.45) is 69.0 Å². The van der Waals surface area contributed by atoms with Crippen molar-refractivity contribution in [1.29, 1.82) is 0 Å². The molecule has 4 N–H and O–H groups in total. The highest BCUT2D eigenvalue weighted by Gasteiger charge is 2.67. The summed E-state index contributed by atoms with van der Waals surface area (Å²) < 4.78 is 0. The second-order valence-corrected chi connectivity index (χ2v) is 25.6. The maximum Gasteiger partial charge on any atom is 0.155 e. The Labute approximate surface area is 408 Å². The number of carbonyl (C=O) groups is 2. The first-order valence-corrected chi connectivity index (χ1v) is 26.8. The maximum atomic E-state index is 12.3. The van der Waals surface area contributed by atoms with Crippen molar-refractivity contribution in [3.8, 4) is 23.7 Å². The van der Waals surface area contributed by atoms with E-state index in [1.807, 2.05) is 24.3 Å². The van der Waals surface area contributed by atoms with E-state index in [-0.39, 0.29) is 21.7 Å². The summed E-state index contributed by atoms with van der Waals surface area (Å²) in [6.07, 6.45) is 19.6. The largest absolute Gasteiger partial charge is 0.399 e. The summed E-state index contributed by atoms with van der Waals surface area (Å²) in [5.41, 5.74) is 11.2. The summed E-state index contributed by atoms with van der Waals surface area (Å²) in [7, 11) is 4.18. The standard InChI is InChI=1S/C31H39NO2.C31H41NO2/c1-30-19-27(21-6-9-23(10-7-21)32(2)3)29-25-13-11-24(33)18-22(25)8-12-26(29)28(30)15-17-31(30,34)16-14-20-4-5-20;1-28(2,3)16-17-31(34)15-13-26-24-11-8-21-18-23(33)12-14-29(21,4)27(24)25(19-30(26,31)5)20-6-9-22(32)10-7-20/h6-7,9-10,18,20,25-29,34H,4-5,8,11-13,15,17,19H2,1-3H3;6-7,9-10,18,24-27,34H,8,11-15,19,32H2,1-5H3/t25-,26-,27+,28-,29+,30-,31-;24-,25+,26-,27+,29-,30-,31+/m00/s1. The van der Waals surface area contributed by atoms with Crippen LogP contribution in [0.25, 0.3) is 0 Å². The van der Waals surface area contributed by atoms with Crippen molar-refractivity contribution in [3.05, 3.63) is 83.0 Å². The van der Waals surface area contributed by atoms with Gasteiger partial charge in [-0.05, 0) is 217 Å². The maximum absolute atomic E-state index is 12.3. The molecule has 6 heteroatoms. The van der Waals surface area contributed by atoms with Gasteiger partial charge in [0, 0.05) is 60.5 Å². The van der Waals surface area contributed by atoms with Crippen LogP contribution in [0.4, 0.5) is 11.4 Å². The predicted molar refractivity (Wildman–Crippen MR) is 274 cm³/mol. The quantitative estimate of drug-likeness (QED) is 0.209. The third-order valence-corrected chi connectivity index (χ3v) is 20.4. The van der Waals surface area contributed by atoms with Crippen LogP contribution in [0.2, 0.25) is 0 Å². The number of nitrogens with zero attached hydrogens (tertiary/aromatic N) is 1. The fourth-order valence-electron chi connectivity index (χ4n) is 16.6. The average Bonchev–Trinajstić information content (AvgIpc) is 4.04. The number of ketones is 2. The van der Waals surface area contributed by atoms with Gasteiger partial charge in [-0.2, -0.15) is 0 Å². The van der Waals surface area contributed by atoms with Crippen LogP contribution >= 0.6 is 0 Å². The van der Waals surface area contributed by atoms with Crippen molar-refractivity contribution in [3.63, 3.8) is 0 Å². The van der Waals surface area contributed by atoms with Crippen molar-refractivity contribution in [1.82, 2.24) is 0 Å². The molecular formula is C62H80N2O4. The van der Waals surface area contributed by atoms with E-state index in [2.05, 4.69) is 121 Å². The molecule has 2 aromatic carbocycles. The Kier molecular flexibility index (Phi) is 11.9. The number of benzene rings is 2. The summed E-state index contributed by atoms with van der Waals surface area (Å²) in [6, 6.07) is 17.6. The second kappa shape index (κ2) is 17.0. The van der Waals surface area contributed by atoms with Gasteiger partial charge in [-0.25, -0.2) is 0 Å². The molecule has 68 heavy (non-hydrogen) atoms. The normalized spacial score (nSPS) is 41.2. The zero-order valence-corrected chi connectivity index (χ0v) is 42.6. The molecule has 14 atom stereocenters. The molecule has 0 radical (unpaired) electrons. The summed E-state index contributed by atoms with van der Waals surface area (Å²) in [5, 5.41) is 24.1. The highest BCUT2D eigenvalue weighted by molar-refractivity contribution is 5.92. The molecule has 0 heterocycles. The van der Waals surface area contributed by atoms with Crippen LogP contribution in [-0.2, 0) is 9.59 Å². The van der Waals surface area contributed by atoms with Gasteiger partial charge >= 0.3 is 0 Å². The average molecular weight is 917 g/mol. The van der Waals surface area contributed by atoms with Crippen molar-refractivity contribution >= 4 is 22.9 Å². The Bertz CT molecular complexity index is 2500. The minimum absolute atomic E-state index is 0.0437. The Hall–Kier alpha value is -4.10. The molecule has 7 saturated carbocycles. The number of nitrogen functional groups attached to an aromatic ring is 1. The van der Waals surface area contributed by atoms with Gasteiger partial charge in [0.25, 0.3) is 0 Å². The fraction of sp³-hybridized carbons (Fsp3) is 0.645. The SMILES string of the molecule is CC(C)(C)C#C[C@]1(O)CC[C@H]2[C@@H]3CCC4=CC(=O)CC[C@]4(C)[C@H]3[C@@H](c3ccc(N)cc3)C[C@@]21C.CN(C)c1ccc([C@H]2C[C@@]3(C)[C@@H](CC[C@@]3(O)C#CC3CC3)[C@@H]3CCC4=CC(=O)CC[C@@H]4[C@H]32)cc1. The van der Waals surface area contributed by atoms with Crippen LogP contribution in [0.15, 0.2) is 71.8 Å². The lowest BCUT2D eigenvalue weighted by atomic mass is 9.43. The zero-order valence-electron chi connectivity index (χ0n) is 42.6. The smallest absolute Gasteiger partial charge is 0.155 e. The molecule has 9 aliphatic carbocycles. The van der Waals surface area contributed by atoms with E-state index >= 15 is 0 Å². The van der Waals surface area contributed by atoms with Gasteiger partial charge in [0.2, 0.25) is 0 Å². The molecule has 0 aromatic heterocycles. The van der Waals surface area contributed by atoms with Crippen LogP contribution < -0.4 is 10.6 Å². The number of allylic oxidation sites excluding steroid dienone is 2. The molecule has 0 bridgehead atoms. The first kappa shape index (κ1) is 47.6. The minimum Gasteiger partial charge on any atom is -0.399 e. The first-order valence-electron chi connectivity index (χ1n) is 26.8. The first-order chi connectivity index (χ1) is 32.2. The molecule has 6 nitrogen and oxygen atoms in total. The van der Waals surface area contributed by atoms with Crippen molar-refractivity contribution in [2.75, 3.05) is 24.7 Å². The highest BCUT2D eigenvalue weighted by Crippen LogP contribution is 2.71. The van der Waals surface area contributed by atoms with Gasteiger partial charge in [0.15, 0.2) is 11.6 Å². The lowest BCUT2D eigenvalue weighted by Gasteiger charge is -2.61. The third-order valence-electron chi connectivity index (χ3n) is 20.4. The lowest BCUT2D eigenvalue weighted by molar-refractivity contribution is -0.122. The number of nitrogens with two attached hydrogens (primary N) is 1. The Morgan fingerprint density at radius 3 is 1.88 bits per heavy atom. The summed E-state index contributed by atoms with van der Waals surface area (Å²) in [4.78, 5) is 26.7. The number of rotatable bonds is 3. The number of fused-ring (bicyclic) bond motifs is 10. The molecule has 9 aliphatic rings. The molecule has 7 fully saturated rings. The van der Waals surface area contributed by atoms with Crippen molar-refractivity contribution < 1.29 is 19.8 Å². The molecule has 0 unspecified atom stereocenters. The molecule has 0 spiro atoms. The van der Waals surface area contributed by atoms with Gasteiger partial charge in [0.1, 0.15) is 11.2 Å². The number of carbonyl (C=O) groups excluding carboxylic acids is 2. The van der Waals surface area contributed by atoms with Crippen LogP contribution in [-0.4, -0.2) is 47.1 Å².